The predicted octanol–water partition coefficient (Wildman–Crippen LogP) is 3.11. The number of aryl methyl sites for hydroxylation is 1. The van der Waals surface area contributed by atoms with Crippen molar-refractivity contribution < 1.29 is 19.2 Å². The topological polar surface area (TPSA) is 95.7 Å². The second-order valence-corrected chi connectivity index (χ2v) is 6.27. The van der Waals surface area contributed by atoms with Crippen LogP contribution < -0.4 is 5.32 Å². The van der Waals surface area contributed by atoms with Gasteiger partial charge in [-0.2, -0.15) is 0 Å². The maximum Gasteiger partial charge on any atom is 0.407 e. The van der Waals surface area contributed by atoms with Crippen molar-refractivity contribution in [3.8, 4) is 0 Å². The van der Waals surface area contributed by atoms with Gasteiger partial charge in [-0.1, -0.05) is 5.16 Å². The maximum atomic E-state index is 11.1. The second-order valence-electron chi connectivity index (χ2n) is 6.27. The third-order valence-electron chi connectivity index (χ3n) is 4.54. The average molecular weight is 331 g/mol. The van der Waals surface area contributed by atoms with Gasteiger partial charge >= 0.3 is 6.09 Å². The van der Waals surface area contributed by atoms with Crippen molar-refractivity contribution in [1.82, 2.24) is 10.1 Å². The van der Waals surface area contributed by atoms with Gasteiger partial charge in [-0.05, 0) is 43.7 Å². The first-order valence-corrected chi connectivity index (χ1v) is 8.16. The summed E-state index contributed by atoms with van der Waals surface area (Å²) in [6.45, 7) is 2.69. The summed E-state index contributed by atoms with van der Waals surface area (Å²) in [5.41, 5.74) is 2.27. The van der Waals surface area contributed by atoms with E-state index in [0.717, 1.165) is 36.8 Å². The highest BCUT2D eigenvalue weighted by Crippen LogP contribution is 2.27. The van der Waals surface area contributed by atoms with E-state index < -0.39 is 6.09 Å². The molecule has 2 aromatic rings. The summed E-state index contributed by atoms with van der Waals surface area (Å²) in [4.78, 5) is 23.5. The summed E-state index contributed by atoms with van der Waals surface area (Å²) in [6.07, 6.45) is 2.75. The number of piperidine rings is 1. The number of carbonyl (C=O) groups is 2. The number of aromatic nitrogens is 1. The summed E-state index contributed by atoms with van der Waals surface area (Å²) >= 11 is 0. The number of fused-ring (bicyclic) bond motifs is 1. The number of benzene rings is 1. The summed E-state index contributed by atoms with van der Waals surface area (Å²) in [5, 5.41) is 16.8. The number of carbonyl (C=O) groups excluding carboxylic acids is 1. The normalized spacial score (nSPS) is 15.6. The van der Waals surface area contributed by atoms with E-state index in [1.54, 1.807) is 6.07 Å². The van der Waals surface area contributed by atoms with E-state index in [1.807, 2.05) is 12.1 Å². The SMILES string of the molecule is CC(=O)Nc1ccc2c(CCC3CCN(C(=O)O)CC3)noc2c1. The van der Waals surface area contributed by atoms with E-state index in [4.69, 9.17) is 9.63 Å². The van der Waals surface area contributed by atoms with Crippen LogP contribution in [0.15, 0.2) is 22.7 Å². The number of likely N-dealkylation sites (tertiary alicyclic amines) is 1. The molecule has 1 fully saturated rings. The van der Waals surface area contributed by atoms with Gasteiger partial charge < -0.3 is 19.8 Å². The lowest BCUT2D eigenvalue weighted by Gasteiger charge is -2.29. The fourth-order valence-corrected chi connectivity index (χ4v) is 3.20. The number of rotatable bonds is 4. The first kappa shape index (κ1) is 16.3. The van der Waals surface area contributed by atoms with Crippen LogP contribution in [0.4, 0.5) is 10.5 Å². The zero-order valence-electron chi connectivity index (χ0n) is 13.6. The molecule has 7 heteroatoms. The average Bonchev–Trinajstić information content (AvgIpc) is 2.95. The van der Waals surface area contributed by atoms with Gasteiger partial charge in [-0.15, -0.1) is 0 Å². The molecule has 128 valence electrons. The highest BCUT2D eigenvalue weighted by Gasteiger charge is 2.22. The number of amides is 2. The van der Waals surface area contributed by atoms with Crippen LogP contribution in [0.3, 0.4) is 0 Å². The van der Waals surface area contributed by atoms with Gasteiger partial charge in [0.1, 0.15) is 0 Å². The van der Waals surface area contributed by atoms with Crippen molar-refractivity contribution in [2.24, 2.45) is 5.92 Å². The minimum Gasteiger partial charge on any atom is -0.465 e. The minimum absolute atomic E-state index is 0.123. The van der Waals surface area contributed by atoms with E-state index in [-0.39, 0.29) is 5.91 Å². The number of anilines is 1. The summed E-state index contributed by atoms with van der Waals surface area (Å²) in [7, 11) is 0. The third-order valence-corrected chi connectivity index (χ3v) is 4.54. The first-order valence-electron chi connectivity index (χ1n) is 8.16. The molecule has 0 radical (unpaired) electrons. The smallest absolute Gasteiger partial charge is 0.407 e. The Balaban J connectivity index is 1.60. The van der Waals surface area contributed by atoms with Gasteiger partial charge in [0, 0.05) is 37.2 Å². The lowest BCUT2D eigenvalue weighted by Crippen LogP contribution is -2.37. The summed E-state index contributed by atoms with van der Waals surface area (Å²) in [5.74, 6) is 0.396. The van der Waals surface area contributed by atoms with Gasteiger partial charge in [-0.25, -0.2) is 4.79 Å². The zero-order chi connectivity index (χ0) is 17.1. The fourth-order valence-electron chi connectivity index (χ4n) is 3.20. The molecule has 2 N–H and O–H groups in total. The Morgan fingerprint density at radius 2 is 2.12 bits per heavy atom. The Morgan fingerprint density at radius 3 is 2.79 bits per heavy atom. The van der Waals surface area contributed by atoms with Crippen molar-refractivity contribution >= 4 is 28.7 Å². The fraction of sp³-hybridized carbons (Fsp3) is 0.471. The molecule has 2 amide bonds. The minimum atomic E-state index is -0.828. The van der Waals surface area contributed by atoms with Crippen LogP contribution in [0.2, 0.25) is 0 Å². The number of nitrogens with zero attached hydrogens (tertiary/aromatic N) is 2. The third kappa shape index (κ3) is 3.67. The molecule has 1 aliphatic rings. The van der Waals surface area contributed by atoms with E-state index in [2.05, 4.69) is 10.5 Å². The number of hydrogen-bond acceptors (Lipinski definition) is 4. The van der Waals surface area contributed by atoms with E-state index in [9.17, 15) is 9.59 Å². The van der Waals surface area contributed by atoms with Crippen molar-refractivity contribution in [2.75, 3.05) is 18.4 Å². The van der Waals surface area contributed by atoms with Crippen LogP contribution in [0.1, 0.15) is 31.9 Å². The van der Waals surface area contributed by atoms with Crippen LogP contribution in [0.5, 0.6) is 0 Å². The molecule has 7 nitrogen and oxygen atoms in total. The summed E-state index contributed by atoms with van der Waals surface area (Å²) < 4.78 is 5.37. The first-order chi connectivity index (χ1) is 11.5. The van der Waals surface area contributed by atoms with Crippen molar-refractivity contribution in [2.45, 2.75) is 32.6 Å². The van der Waals surface area contributed by atoms with Crippen LogP contribution in [-0.4, -0.2) is 40.3 Å². The highest BCUT2D eigenvalue weighted by molar-refractivity contribution is 5.92. The molecule has 1 aromatic carbocycles. The van der Waals surface area contributed by atoms with Crippen LogP contribution in [-0.2, 0) is 11.2 Å². The van der Waals surface area contributed by atoms with Gasteiger partial charge in [0.25, 0.3) is 0 Å². The Morgan fingerprint density at radius 1 is 1.38 bits per heavy atom. The Kier molecular flexibility index (Phi) is 4.69. The molecule has 24 heavy (non-hydrogen) atoms. The van der Waals surface area contributed by atoms with Gasteiger partial charge in [0.2, 0.25) is 5.91 Å². The molecule has 1 aromatic heterocycles. The Labute approximate surface area is 139 Å². The molecule has 0 spiro atoms. The van der Waals surface area contributed by atoms with Crippen LogP contribution >= 0.6 is 0 Å². The second kappa shape index (κ2) is 6.90. The van der Waals surface area contributed by atoms with Gasteiger partial charge in [0.05, 0.1) is 5.69 Å². The molecule has 3 rings (SSSR count). The zero-order valence-corrected chi connectivity index (χ0v) is 13.6. The maximum absolute atomic E-state index is 11.1. The standard InChI is InChI=1S/C17H21N3O4/c1-11(21)18-13-3-4-14-15(19-24-16(14)10-13)5-2-12-6-8-20(9-7-12)17(22)23/h3-4,10,12H,2,5-9H2,1H3,(H,18,21)(H,22,23). The molecule has 0 aliphatic carbocycles. The molecular formula is C17H21N3O4. The molecule has 0 unspecified atom stereocenters. The predicted molar refractivity (Wildman–Crippen MR) is 89.0 cm³/mol. The number of hydrogen-bond donors (Lipinski definition) is 2. The van der Waals surface area contributed by atoms with Crippen molar-refractivity contribution in [3.05, 3.63) is 23.9 Å². The number of carboxylic acid groups (broad SMARTS) is 1. The molecule has 1 saturated heterocycles. The molecule has 0 bridgehead atoms. The largest absolute Gasteiger partial charge is 0.465 e. The molecule has 0 atom stereocenters. The van der Waals surface area contributed by atoms with Crippen molar-refractivity contribution in [1.29, 1.82) is 0 Å². The summed E-state index contributed by atoms with van der Waals surface area (Å²) in [6, 6.07) is 5.54. The van der Waals surface area contributed by atoms with Gasteiger partial charge in [-0.3, -0.25) is 4.79 Å². The van der Waals surface area contributed by atoms with Crippen LogP contribution in [0, 0.1) is 5.92 Å². The highest BCUT2D eigenvalue weighted by atomic mass is 16.5. The Hall–Kier alpha value is -2.57. The van der Waals surface area contributed by atoms with E-state index in [0.29, 0.717) is 30.3 Å². The lowest BCUT2D eigenvalue weighted by molar-refractivity contribution is -0.114. The molecule has 1 aliphatic heterocycles. The molecule has 0 saturated carbocycles. The van der Waals surface area contributed by atoms with Crippen molar-refractivity contribution in [3.63, 3.8) is 0 Å². The van der Waals surface area contributed by atoms with E-state index in [1.165, 1.54) is 11.8 Å². The molecular weight excluding hydrogens is 310 g/mol. The van der Waals surface area contributed by atoms with Gasteiger partial charge in [0.15, 0.2) is 5.58 Å². The monoisotopic (exact) mass is 331 g/mol. The Bertz CT molecular complexity index is 747. The quantitative estimate of drug-likeness (QED) is 0.897. The lowest BCUT2D eigenvalue weighted by atomic mass is 9.91. The van der Waals surface area contributed by atoms with E-state index >= 15 is 0 Å². The number of nitrogens with one attached hydrogen (secondary N) is 1. The molecule has 2 heterocycles. The van der Waals surface area contributed by atoms with Crippen LogP contribution in [0.25, 0.3) is 11.0 Å².